The van der Waals surface area contributed by atoms with Crippen LogP contribution in [0.2, 0.25) is 0 Å². The van der Waals surface area contributed by atoms with Gasteiger partial charge in [-0.05, 0) is 54.9 Å². The molecule has 1 aliphatic carbocycles. The van der Waals surface area contributed by atoms with Crippen LogP contribution in [0.1, 0.15) is 48.6 Å². The summed E-state index contributed by atoms with van der Waals surface area (Å²) in [7, 11) is 0. The third-order valence-corrected chi connectivity index (χ3v) is 7.46. The quantitative estimate of drug-likeness (QED) is 0.414. The van der Waals surface area contributed by atoms with E-state index in [4.69, 9.17) is 4.98 Å². The lowest BCUT2D eigenvalue weighted by atomic mass is 9.97. The van der Waals surface area contributed by atoms with Crippen molar-refractivity contribution >= 4 is 33.1 Å². The number of hydrogen-bond donors (Lipinski definition) is 1. The Labute approximate surface area is 197 Å². The molecule has 2 aromatic heterocycles. The first-order valence-electron chi connectivity index (χ1n) is 11.5. The molecule has 0 fully saturated rings. The molecule has 0 bridgehead atoms. The largest absolute Gasteiger partial charge is 0.325 e. The average Bonchev–Trinajstić information content (AvgIpc) is 3.20. The highest BCUT2D eigenvalue weighted by atomic mass is 32.1. The van der Waals surface area contributed by atoms with E-state index in [1.54, 1.807) is 11.3 Å². The van der Waals surface area contributed by atoms with Gasteiger partial charge in [0.1, 0.15) is 17.2 Å². The van der Waals surface area contributed by atoms with E-state index in [0.29, 0.717) is 17.1 Å². The van der Waals surface area contributed by atoms with Crippen LogP contribution in [0, 0.1) is 0 Å². The van der Waals surface area contributed by atoms with Crippen molar-refractivity contribution in [1.29, 1.82) is 0 Å². The minimum Gasteiger partial charge on any atom is -0.325 e. The Bertz CT molecular complexity index is 1370. The van der Waals surface area contributed by atoms with Crippen molar-refractivity contribution in [2.45, 2.75) is 52.0 Å². The van der Waals surface area contributed by atoms with Crippen LogP contribution in [0.4, 0.5) is 5.69 Å². The van der Waals surface area contributed by atoms with Gasteiger partial charge in [-0.3, -0.25) is 14.2 Å². The smallest absolute Gasteiger partial charge is 0.263 e. The number of nitrogens with one attached hydrogen (secondary N) is 1. The summed E-state index contributed by atoms with van der Waals surface area (Å²) >= 11 is 1.63. The molecule has 5 rings (SSSR count). The molecule has 0 saturated carbocycles. The van der Waals surface area contributed by atoms with E-state index >= 15 is 0 Å². The van der Waals surface area contributed by atoms with Crippen LogP contribution in [0.3, 0.4) is 0 Å². The van der Waals surface area contributed by atoms with Crippen molar-refractivity contribution in [2.75, 3.05) is 5.32 Å². The van der Waals surface area contributed by atoms with Crippen LogP contribution < -0.4 is 10.9 Å². The molecular formula is C27H27N3O2S. The molecule has 2 heterocycles. The molecule has 1 N–H and O–H groups in total. The molecule has 0 aliphatic heterocycles. The molecular weight excluding hydrogens is 430 g/mol. The minimum atomic E-state index is -0.239. The summed E-state index contributed by atoms with van der Waals surface area (Å²) in [5.74, 6) is 0.727. The third kappa shape index (κ3) is 4.23. The van der Waals surface area contributed by atoms with E-state index in [0.717, 1.165) is 47.3 Å². The first kappa shape index (κ1) is 21.6. The number of rotatable bonds is 5. The highest BCUT2D eigenvalue weighted by molar-refractivity contribution is 7.18. The van der Waals surface area contributed by atoms with Gasteiger partial charge in [-0.25, -0.2) is 4.98 Å². The second kappa shape index (κ2) is 8.94. The topological polar surface area (TPSA) is 64.0 Å². The lowest BCUT2D eigenvalue weighted by molar-refractivity contribution is -0.116. The summed E-state index contributed by atoms with van der Waals surface area (Å²) in [4.78, 5) is 33.7. The van der Waals surface area contributed by atoms with Crippen LogP contribution in [0.5, 0.6) is 0 Å². The number of aromatic nitrogens is 2. The van der Waals surface area contributed by atoms with Gasteiger partial charge in [0, 0.05) is 16.1 Å². The molecule has 33 heavy (non-hydrogen) atoms. The molecule has 0 atom stereocenters. The van der Waals surface area contributed by atoms with E-state index in [2.05, 4.69) is 19.2 Å². The van der Waals surface area contributed by atoms with Crippen molar-refractivity contribution in [3.05, 3.63) is 81.0 Å². The second-order valence-electron chi connectivity index (χ2n) is 8.91. The highest BCUT2D eigenvalue weighted by Crippen LogP contribution is 2.34. The van der Waals surface area contributed by atoms with Crippen molar-refractivity contribution in [2.24, 2.45) is 0 Å². The first-order chi connectivity index (χ1) is 16.0. The SMILES string of the molecule is CC(C)c1ccc(NC(=O)Cn2c(-c3ccccc3)nc3sc4c(c3c2=O)CCCC4)cc1. The molecule has 0 radical (unpaired) electrons. The second-order valence-corrected chi connectivity index (χ2v) is 9.99. The van der Waals surface area contributed by atoms with Gasteiger partial charge in [-0.2, -0.15) is 0 Å². The van der Waals surface area contributed by atoms with Gasteiger partial charge in [0.15, 0.2) is 0 Å². The number of nitrogens with zero attached hydrogens (tertiary/aromatic N) is 2. The summed E-state index contributed by atoms with van der Waals surface area (Å²) in [6.45, 7) is 4.19. The zero-order valence-corrected chi connectivity index (χ0v) is 19.7. The lowest BCUT2D eigenvalue weighted by Gasteiger charge is -2.14. The zero-order valence-electron chi connectivity index (χ0n) is 18.9. The van der Waals surface area contributed by atoms with Crippen LogP contribution in [-0.2, 0) is 24.2 Å². The van der Waals surface area contributed by atoms with Gasteiger partial charge in [-0.1, -0.05) is 56.3 Å². The normalized spacial score (nSPS) is 13.3. The number of aryl methyl sites for hydroxylation is 2. The summed E-state index contributed by atoms with van der Waals surface area (Å²) in [6, 6.07) is 17.5. The van der Waals surface area contributed by atoms with Crippen molar-refractivity contribution in [1.82, 2.24) is 9.55 Å². The Kier molecular flexibility index (Phi) is 5.85. The molecule has 0 spiro atoms. The number of anilines is 1. The Hall–Kier alpha value is -3.25. The van der Waals surface area contributed by atoms with Crippen LogP contribution in [0.25, 0.3) is 21.6 Å². The van der Waals surface area contributed by atoms with Gasteiger partial charge in [0.05, 0.1) is 5.39 Å². The number of fused-ring (bicyclic) bond motifs is 3. The van der Waals surface area contributed by atoms with Crippen LogP contribution >= 0.6 is 11.3 Å². The number of benzene rings is 2. The third-order valence-electron chi connectivity index (χ3n) is 6.27. The Balaban J connectivity index is 1.54. The standard InChI is InChI=1S/C27H27N3O2S/c1-17(2)18-12-14-20(15-13-18)28-23(31)16-30-25(19-8-4-3-5-9-19)29-26-24(27(30)32)21-10-6-7-11-22(21)33-26/h3-5,8-9,12-15,17H,6-7,10-11,16H2,1-2H3,(H,28,31). The highest BCUT2D eigenvalue weighted by Gasteiger charge is 2.23. The average molecular weight is 458 g/mol. The number of carbonyl (C=O) groups excluding carboxylic acids is 1. The molecule has 6 heteroatoms. The molecule has 5 nitrogen and oxygen atoms in total. The monoisotopic (exact) mass is 457 g/mol. The number of carbonyl (C=O) groups is 1. The van der Waals surface area contributed by atoms with Gasteiger partial charge in [0.2, 0.25) is 5.91 Å². The van der Waals surface area contributed by atoms with Gasteiger partial charge < -0.3 is 5.32 Å². The molecule has 1 amide bonds. The predicted octanol–water partition coefficient (Wildman–Crippen LogP) is 5.77. The number of hydrogen-bond acceptors (Lipinski definition) is 4. The van der Waals surface area contributed by atoms with Crippen molar-refractivity contribution in [3.8, 4) is 11.4 Å². The van der Waals surface area contributed by atoms with Crippen molar-refractivity contribution in [3.63, 3.8) is 0 Å². The van der Waals surface area contributed by atoms with Gasteiger partial charge in [0.25, 0.3) is 5.56 Å². The molecule has 2 aromatic carbocycles. The summed E-state index contributed by atoms with van der Waals surface area (Å²) < 4.78 is 1.54. The van der Waals surface area contributed by atoms with E-state index in [1.165, 1.54) is 15.0 Å². The summed E-state index contributed by atoms with van der Waals surface area (Å²) in [5, 5.41) is 3.64. The first-order valence-corrected chi connectivity index (χ1v) is 12.3. The minimum absolute atomic E-state index is 0.0808. The van der Waals surface area contributed by atoms with E-state index in [1.807, 2.05) is 54.6 Å². The maximum atomic E-state index is 13.7. The molecule has 0 unspecified atom stereocenters. The molecule has 1 aliphatic rings. The summed E-state index contributed by atoms with van der Waals surface area (Å²) in [5.41, 5.74) is 3.78. The Morgan fingerprint density at radius 2 is 1.79 bits per heavy atom. The maximum absolute atomic E-state index is 13.7. The fourth-order valence-corrected chi connectivity index (χ4v) is 5.74. The van der Waals surface area contributed by atoms with E-state index in [9.17, 15) is 9.59 Å². The van der Waals surface area contributed by atoms with E-state index < -0.39 is 0 Å². The molecule has 168 valence electrons. The molecule has 4 aromatic rings. The summed E-state index contributed by atoms with van der Waals surface area (Å²) in [6.07, 6.45) is 4.15. The Morgan fingerprint density at radius 3 is 2.52 bits per heavy atom. The maximum Gasteiger partial charge on any atom is 0.263 e. The molecule has 0 saturated heterocycles. The Morgan fingerprint density at radius 1 is 1.06 bits per heavy atom. The fraction of sp³-hybridized carbons (Fsp3) is 0.296. The predicted molar refractivity (Wildman–Crippen MR) is 135 cm³/mol. The van der Waals surface area contributed by atoms with Gasteiger partial charge >= 0.3 is 0 Å². The van der Waals surface area contributed by atoms with E-state index in [-0.39, 0.29) is 18.0 Å². The number of thiophene rings is 1. The van der Waals surface area contributed by atoms with Crippen LogP contribution in [0.15, 0.2) is 59.4 Å². The lowest BCUT2D eigenvalue weighted by Crippen LogP contribution is -2.30. The van der Waals surface area contributed by atoms with Crippen LogP contribution in [-0.4, -0.2) is 15.5 Å². The fourth-order valence-electron chi connectivity index (χ4n) is 4.49. The zero-order chi connectivity index (χ0) is 22.9. The van der Waals surface area contributed by atoms with Crippen molar-refractivity contribution < 1.29 is 4.79 Å². The van der Waals surface area contributed by atoms with Gasteiger partial charge in [-0.15, -0.1) is 11.3 Å². The number of amides is 1.